The zero-order valence-corrected chi connectivity index (χ0v) is 15.4. The SMILES string of the molecule is CN=C(NCc1cccnc1OCCOC)NC(C)C.I. The zero-order valence-electron chi connectivity index (χ0n) is 13.0. The number of pyridine rings is 1. The number of nitrogens with zero attached hydrogens (tertiary/aromatic N) is 2. The average Bonchev–Trinajstić information content (AvgIpc) is 2.44. The van der Waals surface area contributed by atoms with E-state index >= 15 is 0 Å². The number of halogens is 1. The molecule has 0 atom stereocenters. The fourth-order valence-corrected chi connectivity index (χ4v) is 1.56. The Morgan fingerprint density at radius 2 is 2.14 bits per heavy atom. The van der Waals surface area contributed by atoms with Crippen LogP contribution in [0, 0.1) is 0 Å². The number of aliphatic imine (C=N–C) groups is 1. The Balaban J connectivity index is 0.00000400. The second-order valence-electron chi connectivity index (χ2n) is 4.53. The lowest BCUT2D eigenvalue weighted by molar-refractivity contribution is 0.143. The Hall–Kier alpha value is -1.09. The van der Waals surface area contributed by atoms with Gasteiger partial charge in [0.05, 0.1) is 6.61 Å². The van der Waals surface area contributed by atoms with Crippen LogP contribution in [0.1, 0.15) is 19.4 Å². The first-order valence-corrected chi connectivity index (χ1v) is 6.70. The van der Waals surface area contributed by atoms with Gasteiger partial charge in [0.15, 0.2) is 5.96 Å². The molecule has 0 unspecified atom stereocenters. The van der Waals surface area contributed by atoms with E-state index in [2.05, 4.69) is 34.5 Å². The van der Waals surface area contributed by atoms with E-state index in [1.165, 1.54) is 0 Å². The van der Waals surface area contributed by atoms with Gasteiger partial charge in [0.25, 0.3) is 0 Å². The van der Waals surface area contributed by atoms with Crippen LogP contribution in [-0.4, -0.2) is 44.4 Å². The van der Waals surface area contributed by atoms with Crippen molar-refractivity contribution in [3.05, 3.63) is 23.9 Å². The van der Waals surface area contributed by atoms with E-state index < -0.39 is 0 Å². The molecule has 1 aromatic rings. The number of hydrogen-bond donors (Lipinski definition) is 2. The summed E-state index contributed by atoms with van der Waals surface area (Å²) >= 11 is 0. The summed E-state index contributed by atoms with van der Waals surface area (Å²) in [5, 5.41) is 6.46. The molecule has 0 aliphatic carbocycles. The molecule has 0 aromatic carbocycles. The molecule has 1 heterocycles. The maximum absolute atomic E-state index is 5.59. The second-order valence-corrected chi connectivity index (χ2v) is 4.53. The number of methoxy groups -OCH3 is 1. The summed E-state index contributed by atoms with van der Waals surface area (Å²) in [5.41, 5.74) is 0.982. The molecule has 0 fully saturated rings. The second kappa shape index (κ2) is 11.6. The van der Waals surface area contributed by atoms with E-state index in [4.69, 9.17) is 9.47 Å². The Morgan fingerprint density at radius 1 is 1.38 bits per heavy atom. The van der Waals surface area contributed by atoms with Crippen molar-refractivity contribution in [1.82, 2.24) is 15.6 Å². The molecular weight excluding hydrogens is 383 g/mol. The molecule has 0 aliphatic heterocycles. The molecule has 2 N–H and O–H groups in total. The molecule has 0 aliphatic rings. The quantitative estimate of drug-likeness (QED) is 0.312. The minimum absolute atomic E-state index is 0. The van der Waals surface area contributed by atoms with E-state index in [9.17, 15) is 0 Å². The predicted octanol–water partition coefficient (Wildman–Crippen LogP) is 1.80. The molecule has 6 nitrogen and oxygen atoms in total. The third-order valence-electron chi connectivity index (χ3n) is 2.47. The van der Waals surface area contributed by atoms with Gasteiger partial charge in [0.1, 0.15) is 6.61 Å². The Morgan fingerprint density at radius 3 is 2.76 bits per heavy atom. The van der Waals surface area contributed by atoms with Crippen molar-refractivity contribution >= 4 is 29.9 Å². The number of guanidine groups is 1. The highest BCUT2D eigenvalue weighted by Gasteiger charge is 2.06. The summed E-state index contributed by atoms with van der Waals surface area (Å²) < 4.78 is 10.6. The van der Waals surface area contributed by atoms with Crippen LogP contribution >= 0.6 is 24.0 Å². The summed E-state index contributed by atoms with van der Waals surface area (Å²) in [4.78, 5) is 8.40. The number of nitrogens with one attached hydrogen (secondary N) is 2. The summed E-state index contributed by atoms with van der Waals surface area (Å²) in [6.07, 6.45) is 1.72. The Kier molecular flexibility index (Phi) is 11.0. The Labute approximate surface area is 143 Å². The van der Waals surface area contributed by atoms with Crippen molar-refractivity contribution in [2.45, 2.75) is 26.4 Å². The molecule has 1 aromatic heterocycles. The highest BCUT2D eigenvalue weighted by Crippen LogP contribution is 2.13. The van der Waals surface area contributed by atoms with Gasteiger partial charge in [-0.25, -0.2) is 4.98 Å². The molecule has 120 valence electrons. The third-order valence-corrected chi connectivity index (χ3v) is 2.47. The topological polar surface area (TPSA) is 67.8 Å². The first-order valence-electron chi connectivity index (χ1n) is 6.70. The highest BCUT2D eigenvalue weighted by atomic mass is 127. The minimum atomic E-state index is 0. The van der Waals surface area contributed by atoms with Gasteiger partial charge in [0, 0.05) is 38.5 Å². The summed E-state index contributed by atoms with van der Waals surface area (Å²) in [5.74, 6) is 1.38. The van der Waals surface area contributed by atoms with Crippen LogP contribution in [0.15, 0.2) is 23.3 Å². The lowest BCUT2D eigenvalue weighted by Crippen LogP contribution is -2.40. The minimum Gasteiger partial charge on any atom is -0.475 e. The van der Waals surface area contributed by atoms with Gasteiger partial charge in [-0.15, -0.1) is 24.0 Å². The van der Waals surface area contributed by atoms with E-state index in [0.29, 0.717) is 31.7 Å². The fraction of sp³-hybridized carbons (Fsp3) is 0.571. The van der Waals surface area contributed by atoms with E-state index in [-0.39, 0.29) is 24.0 Å². The van der Waals surface area contributed by atoms with Gasteiger partial charge >= 0.3 is 0 Å². The maximum atomic E-state index is 5.59. The lowest BCUT2D eigenvalue weighted by atomic mass is 10.2. The first-order chi connectivity index (χ1) is 9.67. The van der Waals surface area contributed by atoms with Crippen LogP contribution in [0.25, 0.3) is 0 Å². The monoisotopic (exact) mass is 408 g/mol. The molecule has 21 heavy (non-hydrogen) atoms. The van der Waals surface area contributed by atoms with Crippen LogP contribution in [0.3, 0.4) is 0 Å². The zero-order chi connectivity index (χ0) is 14.8. The third kappa shape index (κ3) is 8.05. The normalized spacial score (nSPS) is 11.0. The highest BCUT2D eigenvalue weighted by molar-refractivity contribution is 14.0. The molecular formula is C14H25IN4O2. The molecule has 1 rings (SSSR count). The number of hydrogen-bond acceptors (Lipinski definition) is 4. The van der Waals surface area contributed by atoms with Crippen LogP contribution in [-0.2, 0) is 11.3 Å². The standard InChI is InChI=1S/C14H24N4O2.HI/c1-11(2)18-14(15-3)17-10-12-6-5-7-16-13(12)20-9-8-19-4;/h5-7,11H,8-10H2,1-4H3,(H2,15,17,18);1H. The Bertz CT molecular complexity index is 427. The van der Waals surface area contributed by atoms with Crippen molar-refractivity contribution in [2.75, 3.05) is 27.4 Å². The van der Waals surface area contributed by atoms with Crippen molar-refractivity contribution < 1.29 is 9.47 Å². The molecule has 0 amide bonds. The lowest BCUT2D eigenvalue weighted by Gasteiger charge is -2.15. The van der Waals surface area contributed by atoms with Crippen molar-refractivity contribution in [1.29, 1.82) is 0 Å². The average molecular weight is 408 g/mol. The molecule has 0 bridgehead atoms. The molecule has 0 saturated carbocycles. The summed E-state index contributed by atoms with van der Waals surface area (Å²) in [6, 6.07) is 4.19. The van der Waals surface area contributed by atoms with Crippen molar-refractivity contribution in [3.8, 4) is 5.88 Å². The number of aromatic nitrogens is 1. The van der Waals surface area contributed by atoms with Gasteiger partial charge in [0.2, 0.25) is 5.88 Å². The number of rotatable bonds is 7. The van der Waals surface area contributed by atoms with Gasteiger partial charge in [-0.2, -0.15) is 0 Å². The molecule has 0 spiro atoms. The van der Waals surface area contributed by atoms with E-state index in [1.807, 2.05) is 12.1 Å². The van der Waals surface area contributed by atoms with Gasteiger partial charge in [-0.1, -0.05) is 6.07 Å². The fourth-order valence-electron chi connectivity index (χ4n) is 1.56. The summed E-state index contributed by atoms with van der Waals surface area (Å²) in [7, 11) is 3.39. The van der Waals surface area contributed by atoms with Crippen molar-refractivity contribution in [3.63, 3.8) is 0 Å². The van der Waals surface area contributed by atoms with Crippen LogP contribution in [0.5, 0.6) is 5.88 Å². The summed E-state index contributed by atoms with van der Waals surface area (Å²) in [6.45, 7) is 5.76. The van der Waals surface area contributed by atoms with Crippen LogP contribution < -0.4 is 15.4 Å². The van der Waals surface area contributed by atoms with Crippen molar-refractivity contribution in [2.24, 2.45) is 4.99 Å². The van der Waals surface area contributed by atoms with Crippen LogP contribution in [0.2, 0.25) is 0 Å². The van der Waals surface area contributed by atoms with Crippen LogP contribution in [0.4, 0.5) is 0 Å². The van der Waals surface area contributed by atoms with E-state index in [1.54, 1.807) is 20.4 Å². The smallest absolute Gasteiger partial charge is 0.218 e. The van der Waals surface area contributed by atoms with E-state index in [0.717, 1.165) is 11.5 Å². The van der Waals surface area contributed by atoms with Gasteiger partial charge < -0.3 is 20.1 Å². The largest absolute Gasteiger partial charge is 0.475 e. The van der Waals surface area contributed by atoms with Gasteiger partial charge in [-0.3, -0.25) is 4.99 Å². The molecule has 7 heteroatoms. The maximum Gasteiger partial charge on any atom is 0.218 e. The first kappa shape index (κ1) is 19.9. The number of ether oxygens (including phenoxy) is 2. The molecule has 0 saturated heterocycles. The molecule has 0 radical (unpaired) electrons. The van der Waals surface area contributed by atoms with Gasteiger partial charge in [-0.05, 0) is 19.9 Å². The predicted molar refractivity (Wildman–Crippen MR) is 95.5 cm³/mol.